The van der Waals surface area contributed by atoms with E-state index >= 15 is 0 Å². The van der Waals surface area contributed by atoms with Crippen LogP contribution in [0.4, 0.5) is 13.2 Å². The fraction of sp³-hybridized carbons (Fsp3) is 0.125. The Morgan fingerprint density at radius 3 is 2.62 bits per heavy atom. The van der Waals surface area contributed by atoms with E-state index in [1.165, 1.54) is 18.7 Å². The Hall–Kier alpha value is -1.19. The van der Waals surface area contributed by atoms with Crippen LogP contribution in [0.25, 0.3) is 5.82 Å². The average molecular weight is 340 g/mol. The predicted octanol–water partition coefficient (Wildman–Crippen LogP) is 2.29. The van der Waals surface area contributed by atoms with Gasteiger partial charge in [-0.25, -0.2) is 14.6 Å². The lowest BCUT2D eigenvalue weighted by atomic mass is 10.4. The Labute approximate surface area is 102 Å². The minimum atomic E-state index is -4.44. The smallest absolute Gasteiger partial charge is 0.244 e. The minimum absolute atomic E-state index is 0.325. The van der Waals surface area contributed by atoms with Gasteiger partial charge in [-0.1, -0.05) is 0 Å². The average Bonchev–Trinajstić information content (AvgIpc) is 2.66. The molecule has 4 nitrogen and oxygen atoms in total. The van der Waals surface area contributed by atoms with Crippen molar-refractivity contribution in [3.63, 3.8) is 0 Å². The summed E-state index contributed by atoms with van der Waals surface area (Å²) in [4.78, 5) is 7.60. The van der Waals surface area contributed by atoms with Crippen molar-refractivity contribution in [3.05, 3.63) is 34.1 Å². The molecule has 0 aliphatic carbocycles. The first-order valence-corrected chi connectivity index (χ1v) is 5.15. The van der Waals surface area contributed by atoms with Crippen LogP contribution in [0.1, 0.15) is 5.69 Å². The molecule has 2 aromatic rings. The van der Waals surface area contributed by atoms with Gasteiger partial charge in [0.2, 0.25) is 0 Å². The summed E-state index contributed by atoms with van der Waals surface area (Å²) in [5.41, 5.74) is -0.943. The van der Waals surface area contributed by atoms with E-state index in [4.69, 9.17) is 0 Å². The summed E-state index contributed by atoms with van der Waals surface area (Å²) >= 11 is 1.93. The third kappa shape index (κ3) is 2.15. The molecular formula is C8H4F3IN4. The highest BCUT2D eigenvalue weighted by Crippen LogP contribution is 2.27. The highest BCUT2D eigenvalue weighted by atomic mass is 127. The summed E-state index contributed by atoms with van der Waals surface area (Å²) in [6.45, 7) is 0. The molecule has 0 N–H and O–H groups in total. The fourth-order valence-corrected chi connectivity index (χ4v) is 1.62. The lowest BCUT2D eigenvalue weighted by molar-refractivity contribution is -0.141. The molecule has 2 aromatic heterocycles. The van der Waals surface area contributed by atoms with Crippen LogP contribution >= 0.6 is 22.6 Å². The van der Waals surface area contributed by atoms with Gasteiger partial charge in [0.25, 0.3) is 0 Å². The maximum Gasteiger partial charge on any atom is 0.435 e. The molecule has 0 saturated heterocycles. The zero-order valence-corrected chi connectivity index (χ0v) is 9.77. The Balaban J connectivity index is 2.44. The van der Waals surface area contributed by atoms with E-state index in [9.17, 15) is 13.2 Å². The Bertz CT molecular complexity index is 508. The SMILES string of the molecule is FC(F)(F)c1ccn(-c2ncncc2I)n1. The molecule has 8 heteroatoms. The monoisotopic (exact) mass is 340 g/mol. The van der Waals surface area contributed by atoms with Crippen molar-refractivity contribution in [2.24, 2.45) is 0 Å². The van der Waals surface area contributed by atoms with Gasteiger partial charge in [0, 0.05) is 12.4 Å². The third-order valence-electron chi connectivity index (χ3n) is 1.74. The van der Waals surface area contributed by atoms with Gasteiger partial charge < -0.3 is 0 Å². The van der Waals surface area contributed by atoms with Crippen molar-refractivity contribution in [2.45, 2.75) is 6.18 Å². The van der Waals surface area contributed by atoms with E-state index < -0.39 is 11.9 Å². The second kappa shape index (κ2) is 4.00. The highest BCUT2D eigenvalue weighted by Gasteiger charge is 2.33. The van der Waals surface area contributed by atoms with Gasteiger partial charge in [0.15, 0.2) is 11.5 Å². The molecule has 0 bridgehead atoms. The molecule has 0 unspecified atom stereocenters. The summed E-state index contributed by atoms with van der Waals surface area (Å²) in [7, 11) is 0. The van der Waals surface area contributed by atoms with Crippen molar-refractivity contribution in [1.82, 2.24) is 19.7 Å². The molecule has 0 aliphatic heterocycles. The van der Waals surface area contributed by atoms with Crippen LogP contribution in [-0.4, -0.2) is 19.7 Å². The van der Waals surface area contributed by atoms with E-state index in [2.05, 4.69) is 15.1 Å². The van der Waals surface area contributed by atoms with Gasteiger partial charge in [-0.2, -0.15) is 18.3 Å². The largest absolute Gasteiger partial charge is 0.435 e. The maximum absolute atomic E-state index is 12.3. The van der Waals surface area contributed by atoms with Gasteiger partial charge in [0.1, 0.15) is 6.33 Å². The van der Waals surface area contributed by atoms with Crippen molar-refractivity contribution in [3.8, 4) is 5.82 Å². The van der Waals surface area contributed by atoms with Crippen LogP contribution in [0.15, 0.2) is 24.8 Å². The van der Waals surface area contributed by atoms with Crippen molar-refractivity contribution < 1.29 is 13.2 Å². The van der Waals surface area contributed by atoms with Gasteiger partial charge in [-0.15, -0.1) is 0 Å². The van der Waals surface area contributed by atoms with Crippen LogP contribution < -0.4 is 0 Å². The summed E-state index contributed by atoms with van der Waals surface area (Å²) in [5.74, 6) is 0.325. The second-order valence-electron chi connectivity index (χ2n) is 2.84. The van der Waals surface area contributed by atoms with Crippen molar-refractivity contribution in [1.29, 1.82) is 0 Å². The molecule has 0 amide bonds. The van der Waals surface area contributed by atoms with Crippen LogP contribution in [0.2, 0.25) is 0 Å². The van der Waals surface area contributed by atoms with Crippen LogP contribution in [0.5, 0.6) is 0 Å². The Kier molecular flexibility index (Phi) is 2.82. The van der Waals surface area contributed by atoms with Crippen molar-refractivity contribution in [2.75, 3.05) is 0 Å². The standard InChI is InChI=1S/C8H4F3IN4/c9-8(10,11)6-1-2-16(15-6)7-5(12)3-13-4-14-7/h1-4H. The Morgan fingerprint density at radius 1 is 1.31 bits per heavy atom. The normalized spacial score (nSPS) is 11.8. The molecule has 0 saturated carbocycles. The van der Waals surface area contributed by atoms with Gasteiger partial charge in [0.05, 0.1) is 3.57 Å². The number of rotatable bonds is 1. The molecule has 84 valence electrons. The van der Waals surface area contributed by atoms with Crippen molar-refractivity contribution >= 4 is 22.6 Å². The van der Waals surface area contributed by atoms with E-state index in [0.717, 1.165) is 10.7 Å². The van der Waals surface area contributed by atoms with Gasteiger partial charge >= 0.3 is 6.18 Å². The number of alkyl halides is 3. The molecule has 0 aromatic carbocycles. The molecule has 16 heavy (non-hydrogen) atoms. The van der Waals surface area contributed by atoms with E-state index in [1.807, 2.05) is 22.6 Å². The van der Waals surface area contributed by atoms with E-state index in [1.54, 1.807) is 0 Å². The van der Waals surface area contributed by atoms with Crippen LogP contribution in [-0.2, 0) is 6.18 Å². The maximum atomic E-state index is 12.3. The first-order chi connectivity index (χ1) is 7.48. The quantitative estimate of drug-likeness (QED) is 0.749. The highest BCUT2D eigenvalue weighted by molar-refractivity contribution is 14.1. The molecule has 2 heterocycles. The van der Waals surface area contributed by atoms with E-state index in [0.29, 0.717) is 9.39 Å². The number of hydrogen-bond acceptors (Lipinski definition) is 3. The minimum Gasteiger partial charge on any atom is -0.244 e. The number of hydrogen-bond donors (Lipinski definition) is 0. The summed E-state index contributed by atoms with van der Waals surface area (Å²) in [6.07, 6.45) is -0.471. The zero-order chi connectivity index (χ0) is 11.8. The summed E-state index contributed by atoms with van der Waals surface area (Å²) in [6, 6.07) is 0.901. The first kappa shape index (κ1) is 11.3. The van der Waals surface area contributed by atoms with Gasteiger partial charge in [-0.3, -0.25) is 0 Å². The lowest BCUT2D eigenvalue weighted by Gasteiger charge is -2.03. The first-order valence-electron chi connectivity index (χ1n) is 4.07. The molecule has 0 atom stereocenters. The molecule has 2 rings (SSSR count). The second-order valence-corrected chi connectivity index (χ2v) is 4.00. The van der Waals surface area contributed by atoms with E-state index in [-0.39, 0.29) is 0 Å². The predicted molar refractivity (Wildman–Crippen MR) is 56.9 cm³/mol. The Morgan fingerprint density at radius 2 is 2.06 bits per heavy atom. The summed E-state index contributed by atoms with van der Waals surface area (Å²) < 4.78 is 38.6. The molecule has 0 aliphatic rings. The summed E-state index contributed by atoms with van der Waals surface area (Å²) in [5, 5.41) is 3.41. The molecule has 0 radical (unpaired) electrons. The van der Waals surface area contributed by atoms with Crippen LogP contribution in [0.3, 0.4) is 0 Å². The number of aromatic nitrogens is 4. The fourth-order valence-electron chi connectivity index (χ4n) is 1.07. The van der Waals surface area contributed by atoms with Gasteiger partial charge in [-0.05, 0) is 28.7 Å². The number of nitrogens with zero attached hydrogens (tertiary/aromatic N) is 4. The molecule has 0 fully saturated rings. The molecular weight excluding hydrogens is 336 g/mol. The van der Waals surface area contributed by atoms with Crippen LogP contribution in [0, 0.1) is 3.57 Å². The lowest BCUT2D eigenvalue weighted by Crippen LogP contribution is -2.08. The zero-order valence-electron chi connectivity index (χ0n) is 7.61. The third-order valence-corrected chi connectivity index (χ3v) is 2.51. The molecule has 0 spiro atoms. The topological polar surface area (TPSA) is 43.6 Å². The number of halogens is 4.